The zero-order chi connectivity index (χ0) is 19.3. The number of hydrogen-bond acceptors (Lipinski definition) is 3. The molecular formula is C23H26O3. The van der Waals surface area contributed by atoms with Gasteiger partial charge in [0.25, 0.3) is 0 Å². The number of hydrogen-bond donors (Lipinski definition) is 1. The van der Waals surface area contributed by atoms with Gasteiger partial charge in [0.15, 0.2) is 11.4 Å². The van der Waals surface area contributed by atoms with E-state index in [1.54, 1.807) is 54.6 Å². The van der Waals surface area contributed by atoms with Crippen molar-refractivity contribution in [2.75, 3.05) is 13.2 Å². The Bertz CT molecular complexity index is 684. The average Bonchev–Trinajstić information content (AvgIpc) is 2.70. The molecule has 2 aromatic carbocycles. The van der Waals surface area contributed by atoms with E-state index >= 15 is 0 Å². The highest BCUT2D eigenvalue weighted by Gasteiger charge is 2.36. The Hall–Kier alpha value is -2.75. The van der Waals surface area contributed by atoms with Crippen molar-refractivity contribution in [3.05, 3.63) is 110 Å². The summed E-state index contributed by atoms with van der Waals surface area (Å²) in [6.45, 7) is 11.8. The van der Waals surface area contributed by atoms with Gasteiger partial charge >= 0.3 is 0 Å². The number of carbonyl (C=O) groups excluding carboxylic acids is 1. The largest absolute Gasteiger partial charge is 0.377 e. The lowest BCUT2D eigenvalue weighted by Gasteiger charge is -2.26. The van der Waals surface area contributed by atoms with Crippen molar-refractivity contribution >= 4 is 5.78 Å². The molecule has 136 valence electrons. The van der Waals surface area contributed by atoms with Gasteiger partial charge in [0.05, 0.1) is 13.2 Å². The van der Waals surface area contributed by atoms with Crippen LogP contribution in [0.4, 0.5) is 0 Å². The van der Waals surface area contributed by atoms with E-state index in [-0.39, 0.29) is 12.2 Å². The summed E-state index contributed by atoms with van der Waals surface area (Å²) >= 11 is 0. The molecule has 0 radical (unpaired) electrons. The summed E-state index contributed by atoms with van der Waals surface area (Å²) in [5.74, 6) is -0.306. The molecule has 1 unspecified atom stereocenters. The molecule has 0 aliphatic carbocycles. The highest BCUT2D eigenvalue weighted by Crippen LogP contribution is 2.29. The molecule has 1 N–H and O–H groups in total. The van der Waals surface area contributed by atoms with Gasteiger partial charge in [-0.15, -0.1) is 19.7 Å². The van der Waals surface area contributed by atoms with E-state index in [4.69, 9.17) is 4.74 Å². The van der Waals surface area contributed by atoms with Gasteiger partial charge in [0.2, 0.25) is 0 Å². The number of aliphatic hydroxyl groups is 1. The number of benzene rings is 2. The maximum Gasteiger partial charge on any atom is 0.199 e. The highest BCUT2D eigenvalue weighted by atomic mass is 16.5. The van der Waals surface area contributed by atoms with Crippen LogP contribution < -0.4 is 0 Å². The van der Waals surface area contributed by atoms with Crippen molar-refractivity contribution in [1.29, 1.82) is 0 Å². The van der Waals surface area contributed by atoms with Crippen LogP contribution in [-0.2, 0) is 10.3 Å². The number of Topliss-reactive ketones (excluding diaryl/α,β-unsaturated/α-hetero) is 1. The van der Waals surface area contributed by atoms with Crippen LogP contribution in [0.2, 0.25) is 0 Å². The van der Waals surface area contributed by atoms with Crippen molar-refractivity contribution in [1.82, 2.24) is 0 Å². The lowest BCUT2D eigenvalue weighted by molar-refractivity contribution is 0.0313. The van der Waals surface area contributed by atoms with Crippen molar-refractivity contribution in [3.8, 4) is 0 Å². The number of ketones is 1. The van der Waals surface area contributed by atoms with E-state index in [0.29, 0.717) is 24.3 Å². The van der Waals surface area contributed by atoms with E-state index in [9.17, 15) is 9.90 Å². The third-order valence-corrected chi connectivity index (χ3v) is 3.57. The molecule has 0 aliphatic rings. The number of carbonyl (C=O) groups is 1. The first-order valence-electron chi connectivity index (χ1n) is 8.38. The van der Waals surface area contributed by atoms with Crippen LogP contribution in [0.3, 0.4) is 0 Å². The fourth-order valence-corrected chi connectivity index (χ4v) is 2.33. The molecule has 0 saturated carbocycles. The van der Waals surface area contributed by atoms with Crippen molar-refractivity contribution in [2.45, 2.75) is 12.0 Å². The van der Waals surface area contributed by atoms with Crippen LogP contribution in [0, 0.1) is 0 Å². The summed E-state index contributed by atoms with van der Waals surface area (Å²) in [5, 5.41) is 10.8. The second-order valence-corrected chi connectivity index (χ2v) is 5.53. The molecule has 3 heteroatoms. The predicted molar refractivity (Wildman–Crippen MR) is 107 cm³/mol. The van der Waals surface area contributed by atoms with Crippen LogP contribution in [-0.4, -0.2) is 24.1 Å². The van der Waals surface area contributed by atoms with Crippen molar-refractivity contribution in [3.63, 3.8) is 0 Å². The van der Waals surface area contributed by atoms with Gasteiger partial charge in [-0.05, 0) is 5.56 Å². The normalized spacial score (nSPS) is 12.0. The van der Waals surface area contributed by atoms with Gasteiger partial charge in [0, 0.05) is 12.0 Å². The monoisotopic (exact) mass is 350 g/mol. The maximum absolute atomic E-state index is 12.6. The topological polar surface area (TPSA) is 46.5 Å². The fourth-order valence-electron chi connectivity index (χ4n) is 2.33. The highest BCUT2D eigenvalue weighted by molar-refractivity contribution is 6.02. The Morgan fingerprint density at radius 1 is 0.885 bits per heavy atom. The van der Waals surface area contributed by atoms with E-state index in [1.807, 2.05) is 24.3 Å². The molecule has 0 bridgehead atoms. The van der Waals surface area contributed by atoms with Gasteiger partial charge in [-0.1, -0.05) is 78.9 Å². The van der Waals surface area contributed by atoms with Crippen LogP contribution in [0.5, 0.6) is 0 Å². The summed E-state index contributed by atoms with van der Waals surface area (Å²) in [4.78, 5) is 12.6. The van der Waals surface area contributed by atoms with E-state index in [2.05, 4.69) is 19.7 Å². The Labute approximate surface area is 156 Å². The van der Waals surface area contributed by atoms with E-state index < -0.39 is 5.60 Å². The quantitative estimate of drug-likeness (QED) is 0.405. The molecule has 0 saturated heterocycles. The van der Waals surface area contributed by atoms with Gasteiger partial charge < -0.3 is 9.84 Å². The summed E-state index contributed by atoms with van der Waals surface area (Å²) in [6, 6.07) is 17.8. The zero-order valence-corrected chi connectivity index (χ0v) is 15.0. The first-order valence-corrected chi connectivity index (χ1v) is 8.38. The molecule has 1 atom stereocenters. The van der Waals surface area contributed by atoms with Gasteiger partial charge in [-0.3, -0.25) is 4.79 Å². The second kappa shape index (κ2) is 11.7. The van der Waals surface area contributed by atoms with Crippen molar-refractivity contribution < 1.29 is 14.6 Å². The van der Waals surface area contributed by atoms with Crippen LogP contribution in [0.25, 0.3) is 0 Å². The first kappa shape index (κ1) is 21.3. The Kier molecular flexibility index (Phi) is 9.62. The molecule has 2 aromatic rings. The van der Waals surface area contributed by atoms with E-state index in [1.165, 1.54) is 0 Å². The minimum atomic E-state index is -1.55. The number of rotatable bonds is 9. The minimum absolute atomic E-state index is 0.185. The summed E-state index contributed by atoms with van der Waals surface area (Å²) in [7, 11) is 0. The third-order valence-electron chi connectivity index (χ3n) is 3.57. The van der Waals surface area contributed by atoms with Crippen LogP contribution >= 0.6 is 0 Å². The smallest absolute Gasteiger partial charge is 0.199 e. The number of ether oxygens (including phenoxy) is 1. The lowest BCUT2D eigenvalue weighted by atomic mass is 9.83. The molecule has 0 fully saturated rings. The molecule has 26 heavy (non-hydrogen) atoms. The van der Waals surface area contributed by atoms with Crippen molar-refractivity contribution in [2.24, 2.45) is 0 Å². The minimum Gasteiger partial charge on any atom is -0.377 e. The summed E-state index contributed by atoms with van der Waals surface area (Å²) in [6.07, 6.45) is 5.17. The van der Waals surface area contributed by atoms with Gasteiger partial charge in [-0.25, -0.2) is 0 Å². The predicted octanol–water partition coefficient (Wildman–Crippen LogP) is 4.71. The first-order chi connectivity index (χ1) is 12.6. The van der Waals surface area contributed by atoms with Gasteiger partial charge in [-0.2, -0.15) is 0 Å². The maximum atomic E-state index is 12.6. The Morgan fingerprint density at radius 2 is 1.38 bits per heavy atom. The standard InChI is InChI=1S/C17H16O2.C6H10O/c1-2-13-17(19,15-11-7-4-8-12-15)16(18)14-9-5-3-6-10-14;1-3-5-7-6-4-2/h2-12,19H,1,13H2;3-4H,1-2,5-6H2. The Morgan fingerprint density at radius 3 is 1.85 bits per heavy atom. The molecule has 3 nitrogen and oxygen atoms in total. The molecule has 0 aromatic heterocycles. The molecule has 0 heterocycles. The average molecular weight is 350 g/mol. The molecular weight excluding hydrogens is 324 g/mol. The third kappa shape index (κ3) is 6.28. The molecule has 0 amide bonds. The Balaban J connectivity index is 0.000000412. The molecule has 0 spiro atoms. The zero-order valence-electron chi connectivity index (χ0n) is 15.0. The van der Waals surface area contributed by atoms with Crippen LogP contribution in [0.1, 0.15) is 22.3 Å². The molecule has 0 aliphatic heterocycles. The summed E-state index contributed by atoms with van der Waals surface area (Å²) < 4.78 is 4.90. The SMILES string of the molecule is C=CCC(O)(C(=O)c1ccccc1)c1ccccc1.C=CCOCC=C. The second-order valence-electron chi connectivity index (χ2n) is 5.53. The van der Waals surface area contributed by atoms with Crippen LogP contribution in [0.15, 0.2) is 98.6 Å². The van der Waals surface area contributed by atoms with E-state index in [0.717, 1.165) is 0 Å². The lowest BCUT2D eigenvalue weighted by Crippen LogP contribution is -2.35. The summed E-state index contributed by atoms with van der Waals surface area (Å²) in [5.41, 5.74) is -0.468. The molecule has 2 rings (SSSR count). The fraction of sp³-hybridized carbons (Fsp3) is 0.174. The van der Waals surface area contributed by atoms with Gasteiger partial charge in [0.1, 0.15) is 0 Å².